The molecule has 0 bridgehead atoms. The third kappa shape index (κ3) is 7.18. The highest BCUT2D eigenvalue weighted by molar-refractivity contribution is 9.24. The van der Waals surface area contributed by atoms with Gasteiger partial charge in [-0.15, -0.1) is 0 Å². The van der Waals surface area contributed by atoms with Crippen molar-refractivity contribution in [1.29, 1.82) is 0 Å². The third-order valence-corrected chi connectivity index (χ3v) is 1.15. The van der Waals surface area contributed by atoms with Crippen LogP contribution in [0.15, 0.2) is 10.6 Å². The Morgan fingerprint density at radius 1 is 1.57 bits per heavy atom. The number of alkyl halides is 2. The molecule has 0 aromatic heterocycles. The lowest BCUT2D eigenvalue weighted by Crippen LogP contribution is -1.72. The number of halogens is 3. The van der Waals surface area contributed by atoms with Crippen LogP contribution in [-0.2, 0) is 0 Å². The van der Waals surface area contributed by atoms with E-state index in [0.29, 0.717) is 3.74 Å². The van der Waals surface area contributed by atoms with Gasteiger partial charge in [0, 0.05) is 0 Å². The zero-order chi connectivity index (χ0) is 5.86. The molecule has 0 aliphatic rings. The first kappa shape index (κ1) is 8.18. The largest absolute Gasteiger partial charge is 0.0888 e. The van der Waals surface area contributed by atoms with Gasteiger partial charge in [-0.25, -0.2) is 0 Å². The molecule has 7 heavy (non-hydrogen) atoms. The van der Waals surface area contributed by atoms with Gasteiger partial charge in [0.1, 0.15) is 0 Å². The van der Waals surface area contributed by atoms with Crippen LogP contribution in [0.1, 0.15) is 6.92 Å². The van der Waals surface area contributed by atoms with Gasteiger partial charge in [0.15, 0.2) is 0 Å². The molecule has 0 aliphatic heterocycles. The van der Waals surface area contributed by atoms with Crippen molar-refractivity contribution in [2.75, 3.05) is 0 Å². The summed E-state index contributed by atoms with van der Waals surface area (Å²) in [7, 11) is 0. The normalized spacial score (nSPS) is 13.0. The molecule has 0 radical (unpaired) electrons. The molecule has 0 aromatic rings. The summed E-state index contributed by atoms with van der Waals surface area (Å²) in [5.74, 6) is 0. The van der Waals surface area contributed by atoms with Crippen molar-refractivity contribution in [3.63, 3.8) is 0 Å². The standard InChI is InChI=1S/C4H5Br3/c1-3(5)2-4(6)7/h2,4H,1H3/b3-2-. The molecule has 0 aromatic carbocycles. The van der Waals surface area contributed by atoms with E-state index >= 15 is 0 Å². The Labute approximate surface area is 68.7 Å². The molecule has 42 valence electrons. The van der Waals surface area contributed by atoms with Crippen LogP contribution in [0.3, 0.4) is 0 Å². The quantitative estimate of drug-likeness (QED) is 0.650. The second-order valence-electron chi connectivity index (χ2n) is 1.09. The zero-order valence-electron chi connectivity index (χ0n) is 3.79. The molecule has 0 atom stereocenters. The Balaban J connectivity index is 3.45. The molecule has 0 heterocycles. The van der Waals surface area contributed by atoms with E-state index in [1.165, 1.54) is 0 Å². The molecule has 0 nitrogen and oxygen atoms in total. The van der Waals surface area contributed by atoms with Crippen molar-refractivity contribution >= 4 is 47.8 Å². The molecule has 0 amide bonds. The Morgan fingerprint density at radius 3 is 2.00 bits per heavy atom. The van der Waals surface area contributed by atoms with Crippen LogP contribution in [0.2, 0.25) is 0 Å². The molecular weight excluding hydrogens is 288 g/mol. The van der Waals surface area contributed by atoms with Crippen molar-refractivity contribution in [3.05, 3.63) is 10.6 Å². The number of rotatable bonds is 1. The van der Waals surface area contributed by atoms with Crippen molar-refractivity contribution in [2.45, 2.75) is 10.7 Å². The molecular formula is C4H5Br3. The predicted octanol–water partition coefficient (Wildman–Crippen LogP) is 3.40. The zero-order valence-corrected chi connectivity index (χ0v) is 8.55. The van der Waals surface area contributed by atoms with Gasteiger partial charge in [-0.05, 0) is 11.4 Å². The molecule has 0 unspecified atom stereocenters. The van der Waals surface area contributed by atoms with E-state index in [2.05, 4.69) is 47.8 Å². The van der Waals surface area contributed by atoms with Crippen molar-refractivity contribution in [3.8, 4) is 0 Å². The summed E-state index contributed by atoms with van der Waals surface area (Å²) >= 11 is 9.85. The van der Waals surface area contributed by atoms with Crippen LogP contribution in [-0.4, -0.2) is 3.74 Å². The lowest BCUT2D eigenvalue weighted by molar-refractivity contribution is 1.60. The molecule has 0 spiro atoms. The highest BCUT2D eigenvalue weighted by Gasteiger charge is 1.88. The Hall–Kier alpha value is 1.18. The molecule has 0 saturated heterocycles. The fraction of sp³-hybridized carbons (Fsp3) is 0.500. The first-order valence-electron chi connectivity index (χ1n) is 1.75. The number of hydrogen-bond acceptors (Lipinski definition) is 0. The Bertz CT molecular complexity index is 71.0. The van der Waals surface area contributed by atoms with Gasteiger partial charge < -0.3 is 0 Å². The minimum Gasteiger partial charge on any atom is -0.0718 e. The molecule has 3 heteroatoms. The van der Waals surface area contributed by atoms with Gasteiger partial charge in [-0.3, -0.25) is 0 Å². The van der Waals surface area contributed by atoms with Crippen LogP contribution in [0.4, 0.5) is 0 Å². The highest BCUT2D eigenvalue weighted by atomic mass is 79.9. The summed E-state index contributed by atoms with van der Waals surface area (Å²) in [6, 6.07) is 0. The van der Waals surface area contributed by atoms with Crippen LogP contribution < -0.4 is 0 Å². The minimum absolute atomic E-state index is 0.291. The van der Waals surface area contributed by atoms with Gasteiger partial charge in [0.05, 0.1) is 3.74 Å². The monoisotopic (exact) mass is 290 g/mol. The SMILES string of the molecule is C/C(Br)=C/C(Br)Br. The van der Waals surface area contributed by atoms with E-state index in [9.17, 15) is 0 Å². The van der Waals surface area contributed by atoms with Crippen LogP contribution in [0, 0.1) is 0 Å². The summed E-state index contributed by atoms with van der Waals surface area (Å²) in [6.07, 6.45) is 2.00. The van der Waals surface area contributed by atoms with Crippen molar-refractivity contribution in [2.24, 2.45) is 0 Å². The topological polar surface area (TPSA) is 0 Å². The average Bonchev–Trinajstić information content (AvgIpc) is 1.27. The molecule has 0 N–H and O–H groups in total. The van der Waals surface area contributed by atoms with Gasteiger partial charge >= 0.3 is 0 Å². The lowest BCUT2D eigenvalue weighted by Gasteiger charge is -1.87. The summed E-state index contributed by atoms with van der Waals surface area (Å²) in [5, 5.41) is 0. The van der Waals surface area contributed by atoms with E-state index in [1.54, 1.807) is 0 Å². The second-order valence-corrected chi connectivity index (χ2v) is 5.54. The van der Waals surface area contributed by atoms with Crippen LogP contribution in [0.5, 0.6) is 0 Å². The molecule has 0 aliphatic carbocycles. The molecule has 0 saturated carbocycles. The van der Waals surface area contributed by atoms with Crippen LogP contribution >= 0.6 is 47.8 Å². The van der Waals surface area contributed by atoms with E-state index in [-0.39, 0.29) is 0 Å². The lowest BCUT2D eigenvalue weighted by atomic mass is 10.6. The third-order valence-electron chi connectivity index (χ3n) is 0.356. The summed E-state index contributed by atoms with van der Waals surface area (Å²) in [6.45, 7) is 1.98. The summed E-state index contributed by atoms with van der Waals surface area (Å²) in [4.78, 5) is 0. The number of hydrogen-bond donors (Lipinski definition) is 0. The van der Waals surface area contributed by atoms with Crippen LogP contribution in [0.25, 0.3) is 0 Å². The first-order valence-corrected chi connectivity index (χ1v) is 4.37. The maximum atomic E-state index is 3.29. The second kappa shape index (κ2) is 4.10. The van der Waals surface area contributed by atoms with Gasteiger partial charge in [0.2, 0.25) is 0 Å². The fourth-order valence-corrected chi connectivity index (χ4v) is 1.94. The number of allylic oxidation sites excluding steroid dienone is 2. The average molecular weight is 293 g/mol. The molecule has 0 rings (SSSR count). The maximum Gasteiger partial charge on any atom is 0.0888 e. The maximum absolute atomic E-state index is 3.29. The van der Waals surface area contributed by atoms with Gasteiger partial charge in [0.25, 0.3) is 0 Å². The predicted molar refractivity (Wildman–Crippen MR) is 44.3 cm³/mol. The Kier molecular flexibility index (Phi) is 4.79. The van der Waals surface area contributed by atoms with Crippen molar-refractivity contribution < 1.29 is 0 Å². The Morgan fingerprint density at radius 2 is 2.00 bits per heavy atom. The fourth-order valence-electron chi connectivity index (χ4n) is 0.174. The minimum atomic E-state index is 0.291. The first-order chi connectivity index (χ1) is 3.13. The molecule has 0 fully saturated rings. The van der Waals surface area contributed by atoms with Gasteiger partial charge in [-0.2, -0.15) is 0 Å². The van der Waals surface area contributed by atoms with Crippen molar-refractivity contribution in [1.82, 2.24) is 0 Å². The summed E-state index contributed by atoms with van der Waals surface area (Å²) < 4.78 is 1.42. The van der Waals surface area contributed by atoms with E-state index in [0.717, 1.165) is 4.48 Å². The van der Waals surface area contributed by atoms with Gasteiger partial charge in [-0.1, -0.05) is 53.9 Å². The highest BCUT2D eigenvalue weighted by Crippen LogP contribution is 2.14. The van der Waals surface area contributed by atoms with E-state index in [1.807, 2.05) is 13.0 Å². The smallest absolute Gasteiger partial charge is 0.0718 e. The van der Waals surface area contributed by atoms with E-state index in [4.69, 9.17) is 0 Å². The van der Waals surface area contributed by atoms with E-state index < -0.39 is 0 Å². The summed E-state index contributed by atoms with van der Waals surface area (Å²) in [5.41, 5.74) is 0.